The molecule has 2 saturated heterocycles. The van der Waals surface area contributed by atoms with Gasteiger partial charge in [0, 0.05) is 78.6 Å². The second-order valence-corrected chi connectivity index (χ2v) is 11.2. The molecule has 38 heavy (non-hydrogen) atoms. The highest BCUT2D eigenvalue weighted by atomic mass is 32.1. The average molecular weight is 531 g/mol. The first-order valence-electron chi connectivity index (χ1n) is 13.5. The van der Waals surface area contributed by atoms with Crippen molar-refractivity contribution in [3.63, 3.8) is 0 Å². The number of anilines is 3. The van der Waals surface area contributed by atoms with E-state index in [0.29, 0.717) is 29.6 Å². The monoisotopic (exact) mass is 530 g/mol. The highest BCUT2D eigenvalue weighted by molar-refractivity contribution is 7.15. The first-order valence-corrected chi connectivity index (χ1v) is 14.3. The van der Waals surface area contributed by atoms with Gasteiger partial charge in [-0.25, -0.2) is 4.98 Å². The van der Waals surface area contributed by atoms with E-state index in [1.54, 1.807) is 15.9 Å². The highest BCUT2D eigenvalue weighted by Gasteiger charge is 2.20. The van der Waals surface area contributed by atoms with Gasteiger partial charge in [0.15, 0.2) is 0 Å². The summed E-state index contributed by atoms with van der Waals surface area (Å²) in [5.74, 6) is 1.00. The van der Waals surface area contributed by atoms with Crippen molar-refractivity contribution in [2.45, 2.75) is 32.2 Å². The average Bonchev–Trinajstić information content (AvgIpc) is 3.44. The SMILES string of the molecule is CCn1c(=O)c(-c2ccc(C3CCOCC3)s2)cc2cnc(Nc3ccc(N4CCN(C)CC4)cc3)nc21. The Bertz CT molecular complexity index is 1470. The van der Waals surface area contributed by atoms with E-state index in [-0.39, 0.29) is 5.56 Å². The molecule has 198 valence electrons. The number of thiophene rings is 1. The number of hydrogen-bond acceptors (Lipinski definition) is 8. The Morgan fingerprint density at radius 2 is 1.82 bits per heavy atom. The second kappa shape index (κ2) is 10.8. The Morgan fingerprint density at radius 3 is 2.55 bits per heavy atom. The van der Waals surface area contributed by atoms with Crippen LogP contribution in [-0.4, -0.2) is 65.9 Å². The lowest BCUT2D eigenvalue weighted by Crippen LogP contribution is -2.44. The van der Waals surface area contributed by atoms with Crippen LogP contribution in [0.25, 0.3) is 21.5 Å². The molecule has 0 radical (unpaired) electrons. The van der Waals surface area contributed by atoms with Crippen molar-refractivity contribution < 1.29 is 4.74 Å². The highest BCUT2D eigenvalue weighted by Crippen LogP contribution is 2.36. The van der Waals surface area contributed by atoms with Gasteiger partial charge in [0.25, 0.3) is 5.56 Å². The molecule has 0 bridgehead atoms. The number of rotatable bonds is 6. The normalized spacial score (nSPS) is 17.3. The first-order chi connectivity index (χ1) is 18.6. The second-order valence-electron chi connectivity index (χ2n) is 10.1. The van der Waals surface area contributed by atoms with Gasteiger partial charge in [-0.1, -0.05) is 0 Å². The molecule has 0 unspecified atom stereocenters. The lowest BCUT2D eigenvalue weighted by molar-refractivity contribution is 0.0860. The Hall–Kier alpha value is -3.27. The maximum Gasteiger partial charge on any atom is 0.260 e. The summed E-state index contributed by atoms with van der Waals surface area (Å²) in [6.45, 7) is 8.38. The van der Waals surface area contributed by atoms with E-state index in [4.69, 9.17) is 9.72 Å². The van der Waals surface area contributed by atoms with Gasteiger partial charge in [-0.2, -0.15) is 4.98 Å². The van der Waals surface area contributed by atoms with E-state index in [9.17, 15) is 4.79 Å². The number of nitrogens with zero attached hydrogens (tertiary/aromatic N) is 5. The minimum absolute atomic E-state index is 0.0124. The first kappa shape index (κ1) is 25.0. The lowest BCUT2D eigenvalue weighted by Gasteiger charge is -2.34. The van der Waals surface area contributed by atoms with E-state index < -0.39 is 0 Å². The molecular formula is C29H34N6O2S. The standard InChI is InChI=1S/C29H34N6O2S/c1-3-35-27-21(18-24(28(35)36)26-9-8-25(38-26)20-10-16-37-17-11-20)19-30-29(32-27)31-22-4-6-23(7-5-22)34-14-12-33(2)13-15-34/h4-9,18-20H,3,10-17H2,1-2H3,(H,30,31,32). The van der Waals surface area contributed by atoms with Crippen LogP contribution in [-0.2, 0) is 11.3 Å². The fourth-order valence-electron chi connectivity index (χ4n) is 5.34. The molecule has 0 saturated carbocycles. The molecule has 5 heterocycles. The van der Waals surface area contributed by atoms with E-state index in [2.05, 4.69) is 63.5 Å². The van der Waals surface area contributed by atoms with Crippen LogP contribution in [0.3, 0.4) is 0 Å². The zero-order chi connectivity index (χ0) is 26.1. The smallest absolute Gasteiger partial charge is 0.260 e. The fourth-order valence-corrected chi connectivity index (χ4v) is 6.52. The third-order valence-electron chi connectivity index (χ3n) is 7.65. The fraction of sp³-hybridized carbons (Fsp3) is 0.414. The summed E-state index contributed by atoms with van der Waals surface area (Å²) < 4.78 is 7.27. The van der Waals surface area contributed by atoms with Crippen molar-refractivity contribution in [2.75, 3.05) is 56.7 Å². The van der Waals surface area contributed by atoms with E-state index in [1.165, 1.54) is 10.6 Å². The molecule has 0 atom stereocenters. The predicted octanol–water partition coefficient (Wildman–Crippen LogP) is 4.93. The number of fused-ring (bicyclic) bond motifs is 1. The molecule has 1 aromatic carbocycles. The molecular weight excluding hydrogens is 496 g/mol. The molecule has 2 fully saturated rings. The van der Waals surface area contributed by atoms with Gasteiger partial charge in [-0.15, -0.1) is 11.3 Å². The number of hydrogen-bond donors (Lipinski definition) is 1. The number of piperazine rings is 1. The van der Waals surface area contributed by atoms with E-state index in [0.717, 1.165) is 68.2 Å². The summed E-state index contributed by atoms with van der Waals surface area (Å²) in [5.41, 5.74) is 3.49. The Labute approximate surface area is 226 Å². The maximum absolute atomic E-state index is 13.5. The zero-order valence-electron chi connectivity index (χ0n) is 22.0. The summed E-state index contributed by atoms with van der Waals surface area (Å²) in [6, 6.07) is 14.6. The summed E-state index contributed by atoms with van der Waals surface area (Å²) in [5, 5.41) is 4.18. The van der Waals surface area contributed by atoms with E-state index >= 15 is 0 Å². The summed E-state index contributed by atoms with van der Waals surface area (Å²) in [4.78, 5) is 30.0. The van der Waals surface area contributed by atoms with Gasteiger partial charge in [0.1, 0.15) is 5.65 Å². The number of ether oxygens (including phenoxy) is 1. The summed E-state index contributed by atoms with van der Waals surface area (Å²) in [6.07, 6.45) is 3.89. The maximum atomic E-state index is 13.5. The van der Waals surface area contributed by atoms with Crippen molar-refractivity contribution in [3.8, 4) is 10.4 Å². The lowest BCUT2D eigenvalue weighted by atomic mass is 9.99. The van der Waals surface area contributed by atoms with Crippen LogP contribution in [0.4, 0.5) is 17.3 Å². The van der Waals surface area contributed by atoms with Gasteiger partial charge >= 0.3 is 0 Å². The van der Waals surface area contributed by atoms with Crippen LogP contribution in [0, 0.1) is 0 Å². The number of aryl methyl sites for hydroxylation is 1. The van der Waals surface area contributed by atoms with Crippen molar-refractivity contribution >= 4 is 39.7 Å². The third-order valence-corrected chi connectivity index (χ3v) is 8.93. The third kappa shape index (κ3) is 5.06. The summed E-state index contributed by atoms with van der Waals surface area (Å²) in [7, 11) is 2.17. The summed E-state index contributed by atoms with van der Waals surface area (Å²) >= 11 is 1.72. The molecule has 1 N–H and O–H groups in total. The minimum atomic E-state index is -0.0124. The molecule has 0 spiro atoms. The van der Waals surface area contributed by atoms with Crippen LogP contribution in [0.2, 0.25) is 0 Å². The Morgan fingerprint density at radius 1 is 1.05 bits per heavy atom. The van der Waals surface area contributed by atoms with E-state index in [1.807, 2.05) is 19.2 Å². The molecule has 6 rings (SSSR count). The quantitative estimate of drug-likeness (QED) is 0.379. The zero-order valence-corrected chi connectivity index (χ0v) is 22.8. The molecule has 3 aromatic heterocycles. The van der Waals surface area contributed by atoms with Gasteiger partial charge in [-0.05, 0) is 75.2 Å². The van der Waals surface area contributed by atoms with Crippen LogP contribution in [0.15, 0.2) is 53.5 Å². The van der Waals surface area contributed by atoms with Gasteiger partial charge in [0.2, 0.25) is 5.95 Å². The Kier molecular flexibility index (Phi) is 7.14. The van der Waals surface area contributed by atoms with Crippen molar-refractivity contribution in [1.82, 2.24) is 19.4 Å². The van der Waals surface area contributed by atoms with Gasteiger partial charge in [0.05, 0.1) is 5.56 Å². The number of aromatic nitrogens is 3. The number of nitrogens with one attached hydrogen (secondary N) is 1. The number of likely N-dealkylation sites (N-methyl/N-ethyl adjacent to an activating group) is 1. The van der Waals surface area contributed by atoms with Crippen LogP contribution in [0.5, 0.6) is 0 Å². The van der Waals surface area contributed by atoms with Crippen LogP contribution in [0.1, 0.15) is 30.6 Å². The van der Waals surface area contributed by atoms with Crippen molar-refractivity contribution in [1.29, 1.82) is 0 Å². The Balaban J connectivity index is 1.25. The molecule has 9 heteroatoms. The topological polar surface area (TPSA) is 75.5 Å². The van der Waals surface area contributed by atoms with Crippen molar-refractivity contribution in [2.24, 2.45) is 0 Å². The molecule has 2 aliphatic heterocycles. The number of benzene rings is 1. The molecule has 0 aliphatic carbocycles. The largest absolute Gasteiger partial charge is 0.381 e. The molecule has 8 nitrogen and oxygen atoms in total. The van der Waals surface area contributed by atoms with Crippen LogP contribution < -0.4 is 15.8 Å². The molecule has 0 amide bonds. The van der Waals surface area contributed by atoms with Crippen LogP contribution >= 0.6 is 11.3 Å². The van der Waals surface area contributed by atoms with Gasteiger partial charge in [-0.3, -0.25) is 9.36 Å². The molecule has 2 aliphatic rings. The predicted molar refractivity (Wildman–Crippen MR) is 155 cm³/mol. The molecule has 4 aromatic rings. The van der Waals surface area contributed by atoms with Gasteiger partial charge < -0.3 is 19.9 Å². The minimum Gasteiger partial charge on any atom is -0.381 e. The number of pyridine rings is 1. The van der Waals surface area contributed by atoms with Crippen molar-refractivity contribution in [3.05, 3.63) is 63.9 Å².